The molecule has 0 saturated carbocycles. The Morgan fingerprint density at radius 1 is 1.24 bits per heavy atom. The molecule has 1 aromatic carbocycles. The van der Waals surface area contributed by atoms with Crippen molar-refractivity contribution in [2.45, 2.75) is 6.54 Å². The fraction of sp³-hybridized carbons (Fsp3) is 0.0769. The van der Waals surface area contributed by atoms with Gasteiger partial charge in [-0.3, -0.25) is 4.79 Å². The number of nitrogens with zero attached hydrogens (tertiary/aromatic N) is 2. The van der Waals surface area contributed by atoms with Gasteiger partial charge in [0.05, 0.1) is 6.54 Å². The Labute approximate surface area is 98.0 Å². The van der Waals surface area contributed by atoms with Gasteiger partial charge in [-0.15, -0.1) is 0 Å². The highest BCUT2D eigenvalue weighted by molar-refractivity contribution is 5.28. The number of aromatic nitrogens is 1. The van der Waals surface area contributed by atoms with Gasteiger partial charge in [0.2, 0.25) is 0 Å². The first kappa shape index (κ1) is 11.0. The summed E-state index contributed by atoms with van der Waals surface area (Å²) in [5.41, 5.74) is 0.717. The molecule has 2 rings (SSSR count). The molecule has 0 saturated heterocycles. The molecular weight excluding hydrogens is 216 g/mol. The molecule has 2 aromatic rings. The SMILES string of the molecule is N#Cc1cccn(Cc2ccc(O)cc2)c1=O. The fourth-order valence-electron chi connectivity index (χ4n) is 1.54. The predicted octanol–water partition coefficient (Wildman–Crippen LogP) is 1.47. The van der Waals surface area contributed by atoms with Crippen LogP contribution in [0.4, 0.5) is 0 Å². The van der Waals surface area contributed by atoms with Crippen LogP contribution in [0.5, 0.6) is 5.75 Å². The lowest BCUT2D eigenvalue weighted by Gasteiger charge is -2.05. The Balaban J connectivity index is 2.34. The highest BCUT2D eigenvalue weighted by Crippen LogP contribution is 2.10. The molecule has 84 valence electrons. The molecule has 0 atom stereocenters. The molecule has 0 amide bonds. The molecule has 1 N–H and O–H groups in total. The van der Waals surface area contributed by atoms with Crippen LogP contribution in [0.2, 0.25) is 0 Å². The molecule has 4 heteroatoms. The molecule has 0 radical (unpaired) electrons. The lowest BCUT2D eigenvalue weighted by Crippen LogP contribution is -2.22. The molecule has 0 aliphatic rings. The Bertz CT molecular complexity index is 621. The summed E-state index contributed by atoms with van der Waals surface area (Å²) >= 11 is 0. The van der Waals surface area contributed by atoms with E-state index in [0.29, 0.717) is 6.54 Å². The molecule has 0 aliphatic heterocycles. The van der Waals surface area contributed by atoms with Gasteiger partial charge in [0, 0.05) is 6.20 Å². The van der Waals surface area contributed by atoms with Crippen molar-refractivity contribution in [2.75, 3.05) is 0 Å². The zero-order valence-electron chi connectivity index (χ0n) is 9.00. The number of hydrogen-bond acceptors (Lipinski definition) is 3. The molecule has 1 aromatic heterocycles. The monoisotopic (exact) mass is 226 g/mol. The summed E-state index contributed by atoms with van der Waals surface area (Å²) in [6, 6.07) is 11.6. The summed E-state index contributed by atoms with van der Waals surface area (Å²) in [5.74, 6) is 0.187. The summed E-state index contributed by atoms with van der Waals surface area (Å²) in [5, 5.41) is 17.9. The number of pyridine rings is 1. The third kappa shape index (κ3) is 2.34. The van der Waals surface area contributed by atoms with Crippen LogP contribution < -0.4 is 5.56 Å². The molecule has 0 fully saturated rings. The van der Waals surface area contributed by atoms with Crippen molar-refractivity contribution in [1.82, 2.24) is 4.57 Å². The second kappa shape index (κ2) is 4.54. The van der Waals surface area contributed by atoms with Crippen LogP contribution in [-0.4, -0.2) is 9.67 Å². The van der Waals surface area contributed by atoms with Gasteiger partial charge < -0.3 is 9.67 Å². The normalized spacial score (nSPS) is 9.82. The van der Waals surface area contributed by atoms with E-state index >= 15 is 0 Å². The van der Waals surface area contributed by atoms with E-state index in [4.69, 9.17) is 10.4 Å². The number of nitriles is 1. The molecule has 0 unspecified atom stereocenters. The summed E-state index contributed by atoms with van der Waals surface area (Å²) in [7, 11) is 0. The van der Waals surface area contributed by atoms with E-state index in [1.54, 1.807) is 36.5 Å². The van der Waals surface area contributed by atoms with Gasteiger partial charge in [-0.05, 0) is 29.8 Å². The first-order valence-corrected chi connectivity index (χ1v) is 5.08. The highest BCUT2D eigenvalue weighted by Gasteiger charge is 2.02. The van der Waals surface area contributed by atoms with Crippen molar-refractivity contribution in [1.29, 1.82) is 5.26 Å². The number of phenolic OH excluding ortho intramolecular Hbond substituents is 1. The van der Waals surface area contributed by atoms with Gasteiger partial charge in [-0.2, -0.15) is 5.26 Å². The van der Waals surface area contributed by atoms with Crippen molar-refractivity contribution in [3.05, 3.63) is 64.1 Å². The minimum atomic E-state index is -0.303. The molecule has 0 bridgehead atoms. The van der Waals surface area contributed by atoms with Gasteiger partial charge in [0.25, 0.3) is 5.56 Å². The van der Waals surface area contributed by atoms with Crippen molar-refractivity contribution in [3.63, 3.8) is 0 Å². The third-order valence-corrected chi connectivity index (χ3v) is 2.43. The van der Waals surface area contributed by atoms with Crippen molar-refractivity contribution in [3.8, 4) is 11.8 Å². The highest BCUT2D eigenvalue weighted by atomic mass is 16.3. The minimum absolute atomic E-state index is 0.131. The minimum Gasteiger partial charge on any atom is -0.508 e. The van der Waals surface area contributed by atoms with Crippen molar-refractivity contribution < 1.29 is 5.11 Å². The first-order valence-electron chi connectivity index (χ1n) is 5.08. The number of rotatable bonds is 2. The second-order valence-electron chi connectivity index (χ2n) is 3.63. The van der Waals surface area contributed by atoms with Gasteiger partial charge in [-0.1, -0.05) is 12.1 Å². The molecule has 0 aliphatic carbocycles. The lowest BCUT2D eigenvalue weighted by molar-refractivity contribution is 0.475. The summed E-state index contributed by atoms with van der Waals surface area (Å²) in [4.78, 5) is 11.8. The maximum Gasteiger partial charge on any atom is 0.268 e. The van der Waals surface area contributed by atoms with Gasteiger partial charge >= 0.3 is 0 Å². The Kier molecular flexibility index (Phi) is 2.93. The molecule has 4 nitrogen and oxygen atoms in total. The van der Waals surface area contributed by atoms with E-state index in [1.165, 1.54) is 10.6 Å². The second-order valence-corrected chi connectivity index (χ2v) is 3.63. The standard InChI is InChI=1S/C13H10N2O2/c14-8-11-2-1-7-15(13(11)17)9-10-3-5-12(16)6-4-10/h1-7,16H,9H2. The van der Waals surface area contributed by atoms with E-state index in [2.05, 4.69) is 0 Å². The smallest absolute Gasteiger partial charge is 0.268 e. The van der Waals surface area contributed by atoms with E-state index in [0.717, 1.165) is 5.56 Å². The Morgan fingerprint density at radius 2 is 1.94 bits per heavy atom. The van der Waals surface area contributed by atoms with Gasteiger partial charge in [0.15, 0.2) is 0 Å². The number of hydrogen-bond donors (Lipinski definition) is 1. The summed E-state index contributed by atoms with van der Waals surface area (Å²) in [6.45, 7) is 0.384. The van der Waals surface area contributed by atoms with Crippen LogP contribution in [0.15, 0.2) is 47.4 Å². The number of phenols is 1. The van der Waals surface area contributed by atoms with Gasteiger partial charge in [0.1, 0.15) is 17.4 Å². The maximum absolute atomic E-state index is 11.8. The van der Waals surface area contributed by atoms with E-state index in [-0.39, 0.29) is 16.9 Å². The molecular formula is C13H10N2O2. The van der Waals surface area contributed by atoms with Crippen LogP contribution in [-0.2, 0) is 6.54 Å². The quantitative estimate of drug-likeness (QED) is 0.843. The Hall–Kier alpha value is -2.54. The zero-order chi connectivity index (χ0) is 12.3. The zero-order valence-corrected chi connectivity index (χ0v) is 9.00. The van der Waals surface area contributed by atoms with Crippen molar-refractivity contribution >= 4 is 0 Å². The average Bonchev–Trinajstić information content (AvgIpc) is 2.35. The van der Waals surface area contributed by atoms with Crippen molar-refractivity contribution in [2.24, 2.45) is 0 Å². The number of benzene rings is 1. The van der Waals surface area contributed by atoms with Crippen LogP contribution in [0, 0.1) is 11.3 Å². The van der Waals surface area contributed by atoms with Crippen LogP contribution in [0.25, 0.3) is 0 Å². The molecule has 0 spiro atoms. The Morgan fingerprint density at radius 3 is 2.59 bits per heavy atom. The molecule has 1 heterocycles. The third-order valence-electron chi connectivity index (χ3n) is 2.43. The van der Waals surface area contributed by atoms with E-state index in [9.17, 15) is 4.79 Å². The topological polar surface area (TPSA) is 66.0 Å². The summed E-state index contributed by atoms with van der Waals surface area (Å²) < 4.78 is 1.46. The van der Waals surface area contributed by atoms with Gasteiger partial charge in [-0.25, -0.2) is 0 Å². The summed E-state index contributed by atoms with van der Waals surface area (Å²) in [6.07, 6.45) is 1.63. The largest absolute Gasteiger partial charge is 0.508 e. The predicted molar refractivity (Wildman–Crippen MR) is 62.6 cm³/mol. The van der Waals surface area contributed by atoms with Crippen LogP contribution >= 0.6 is 0 Å². The number of aromatic hydroxyl groups is 1. The fourth-order valence-corrected chi connectivity index (χ4v) is 1.54. The van der Waals surface area contributed by atoms with E-state index in [1.807, 2.05) is 6.07 Å². The van der Waals surface area contributed by atoms with Crippen LogP contribution in [0.3, 0.4) is 0 Å². The van der Waals surface area contributed by atoms with E-state index < -0.39 is 0 Å². The molecule has 17 heavy (non-hydrogen) atoms. The van der Waals surface area contributed by atoms with Crippen LogP contribution in [0.1, 0.15) is 11.1 Å². The average molecular weight is 226 g/mol. The first-order chi connectivity index (χ1) is 8.20. The maximum atomic E-state index is 11.8. The lowest BCUT2D eigenvalue weighted by atomic mass is 10.2.